The number of aromatic amines is 1. The number of ether oxygens (including phenoxy) is 2. The van der Waals surface area contributed by atoms with E-state index in [2.05, 4.69) is 10.2 Å². The van der Waals surface area contributed by atoms with Gasteiger partial charge in [-0.15, -0.1) is 0 Å². The van der Waals surface area contributed by atoms with Gasteiger partial charge in [-0.3, -0.25) is 9.89 Å². The van der Waals surface area contributed by atoms with E-state index in [0.29, 0.717) is 17.0 Å². The average molecular weight is 322 g/mol. The van der Waals surface area contributed by atoms with E-state index in [-0.39, 0.29) is 5.78 Å². The molecule has 0 saturated carbocycles. The van der Waals surface area contributed by atoms with Gasteiger partial charge in [0, 0.05) is 11.1 Å². The lowest BCUT2D eigenvalue weighted by Crippen LogP contribution is -1.96. The average Bonchev–Trinajstić information content (AvgIpc) is 3.07. The predicted molar refractivity (Wildman–Crippen MR) is 92.6 cm³/mol. The van der Waals surface area contributed by atoms with E-state index < -0.39 is 0 Å². The molecule has 0 aliphatic rings. The first kappa shape index (κ1) is 15.8. The lowest BCUT2D eigenvalue weighted by atomic mass is 9.99. The number of benzene rings is 2. The van der Waals surface area contributed by atoms with Gasteiger partial charge in [-0.1, -0.05) is 0 Å². The maximum absolute atomic E-state index is 12.2. The van der Waals surface area contributed by atoms with Crippen molar-refractivity contribution >= 4 is 5.78 Å². The fourth-order valence-electron chi connectivity index (χ4n) is 2.61. The van der Waals surface area contributed by atoms with E-state index in [1.807, 2.05) is 48.5 Å². The summed E-state index contributed by atoms with van der Waals surface area (Å²) in [6.45, 7) is 1.55. The van der Waals surface area contributed by atoms with Crippen molar-refractivity contribution in [3.63, 3.8) is 0 Å². The minimum atomic E-state index is -0.0413. The number of carbonyl (C=O) groups excluding carboxylic acids is 1. The molecule has 0 saturated heterocycles. The summed E-state index contributed by atoms with van der Waals surface area (Å²) in [6, 6.07) is 15.0. The zero-order valence-corrected chi connectivity index (χ0v) is 13.8. The van der Waals surface area contributed by atoms with Gasteiger partial charge in [-0.25, -0.2) is 0 Å². The number of aromatic nitrogens is 2. The molecule has 0 fully saturated rings. The Bertz CT molecular complexity index is 784. The summed E-state index contributed by atoms with van der Waals surface area (Å²) in [7, 11) is 3.24. The second kappa shape index (κ2) is 6.58. The highest BCUT2D eigenvalue weighted by molar-refractivity contribution is 6.05. The van der Waals surface area contributed by atoms with Crippen molar-refractivity contribution in [3.8, 4) is 34.0 Å². The molecule has 0 unspecified atom stereocenters. The summed E-state index contributed by atoms with van der Waals surface area (Å²) in [5, 5.41) is 7.36. The zero-order valence-electron chi connectivity index (χ0n) is 13.8. The maximum atomic E-state index is 12.2. The lowest BCUT2D eigenvalue weighted by molar-refractivity contribution is 0.101. The minimum absolute atomic E-state index is 0.0413. The van der Waals surface area contributed by atoms with Crippen LogP contribution >= 0.6 is 0 Å². The first-order valence-electron chi connectivity index (χ1n) is 7.52. The third kappa shape index (κ3) is 2.88. The highest BCUT2D eigenvalue weighted by Crippen LogP contribution is 2.32. The van der Waals surface area contributed by atoms with E-state index in [4.69, 9.17) is 9.47 Å². The predicted octanol–water partition coefficient (Wildman–Crippen LogP) is 3.96. The number of nitrogens with zero attached hydrogens (tertiary/aromatic N) is 1. The standard InChI is InChI=1S/C19H18N2O3/c1-12(22)17-18(13-4-8-15(23-2)9-5-13)20-21-19(17)14-6-10-16(24-3)11-7-14/h4-11H,1-3H3,(H,20,21). The van der Waals surface area contributed by atoms with Gasteiger partial charge >= 0.3 is 0 Å². The molecule has 5 heteroatoms. The molecule has 0 amide bonds. The Kier molecular flexibility index (Phi) is 4.33. The summed E-state index contributed by atoms with van der Waals surface area (Å²) >= 11 is 0. The third-order valence-electron chi connectivity index (χ3n) is 3.86. The molecule has 1 aromatic heterocycles. The number of ketones is 1. The Morgan fingerprint density at radius 1 is 0.875 bits per heavy atom. The molecule has 5 nitrogen and oxygen atoms in total. The van der Waals surface area contributed by atoms with Gasteiger partial charge in [-0.2, -0.15) is 5.10 Å². The molecular weight excluding hydrogens is 304 g/mol. The van der Waals surface area contributed by atoms with Crippen LogP contribution in [0.1, 0.15) is 17.3 Å². The molecule has 0 aliphatic heterocycles. The molecule has 1 N–H and O–H groups in total. The monoisotopic (exact) mass is 322 g/mol. The van der Waals surface area contributed by atoms with Crippen molar-refractivity contribution in [2.75, 3.05) is 14.2 Å². The van der Waals surface area contributed by atoms with Crippen molar-refractivity contribution in [3.05, 3.63) is 54.1 Å². The Morgan fingerprint density at radius 2 is 1.38 bits per heavy atom. The van der Waals surface area contributed by atoms with Crippen LogP contribution in [0.3, 0.4) is 0 Å². The van der Waals surface area contributed by atoms with E-state index in [1.54, 1.807) is 21.1 Å². The van der Waals surface area contributed by atoms with Crippen LogP contribution in [0.2, 0.25) is 0 Å². The number of rotatable bonds is 5. The molecule has 122 valence electrons. The zero-order chi connectivity index (χ0) is 17.1. The van der Waals surface area contributed by atoms with Crippen molar-refractivity contribution < 1.29 is 14.3 Å². The van der Waals surface area contributed by atoms with Crippen LogP contribution in [0.15, 0.2) is 48.5 Å². The van der Waals surface area contributed by atoms with Crippen molar-refractivity contribution in [1.29, 1.82) is 0 Å². The van der Waals surface area contributed by atoms with Crippen LogP contribution in [-0.2, 0) is 0 Å². The highest BCUT2D eigenvalue weighted by atomic mass is 16.5. The Morgan fingerprint density at radius 3 is 1.83 bits per heavy atom. The second-order valence-corrected chi connectivity index (χ2v) is 5.34. The van der Waals surface area contributed by atoms with Crippen LogP contribution in [0.5, 0.6) is 11.5 Å². The number of hydrogen-bond acceptors (Lipinski definition) is 4. The third-order valence-corrected chi connectivity index (χ3v) is 3.86. The second-order valence-electron chi connectivity index (χ2n) is 5.34. The number of H-pyrrole nitrogens is 1. The van der Waals surface area contributed by atoms with Crippen molar-refractivity contribution in [2.45, 2.75) is 6.92 Å². The smallest absolute Gasteiger partial charge is 0.164 e. The summed E-state index contributed by atoms with van der Waals surface area (Å²) in [5.41, 5.74) is 3.66. The maximum Gasteiger partial charge on any atom is 0.164 e. The summed E-state index contributed by atoms with van der Waals surface area (Å²) in [6.07, 6.45) is 0. The quantitative estimate of drug-likeness (QED) is 0.722. The molecule has 3 rings (SSSR count). The van der Waals surface area contributed by atoms with Crippen LogP contribution in [0, 0.1) is 0 Å². The molecule has 3 aromatic rings. The van der Waals surface area contributed by atoms with Crippen molar-refractivity contribution in [1.82, 2.24) is 10.2 Å². The molecule has 0 atom stereocenters. The van der Waals surface area contributed by atoms with Crippen LogP contribution in [0.25, 0.3) is 22.5 Å². The molecule has 0 aliphatic carbocycles. The number of methoxy groups -OCH3 is 2. The number of carbonyl (C=O) groups is 1. The Hall–Kier alpha value is -3.08. The SMILES string of the molecule is COc1ccc(-c2n[nH]c(-c3ccc(OC)cc3)c2C(C)=O)cc1. The van der Waals surface area contributed by atoms with E-state index in [0.717, 1.165) is 22.6 Å². The molecule has 2 aromatic carbocycles. The van der Waals surface area contributed by atoms with Gasteiger partial charge in [0.15, 0.2) is 5.78 Å². The van der Waals surface area contributed by atoms with Crippen LogP contribution in [-0.4, -0.2) is 30.2 Å². The minimum Gasteiger partial charge on any atom is -0.497 e. The number of nitrogens with one attached hydrogen (secondary N) is 1. The van der Waals surface area contributed by atoms with E-state index in [1.165, 1.54) is 0 Å². The molecule has 0 bridgehead atoms. The summed E-state index contributed by atoms with van der Waals surface area (Å²) in [4.78, 5) is 12.2. The fourth-order valence-corrected chi connectivity index (χ4v) is 2.61. The lowest BCUT2D eigenvalue weighted by Gasteiger charge is -2.05. The molecule has 1 heterocycles. The summed E-state index contributed by atoms with van der Waals surface area (Å²) < 4.78 is 10.3. The largest absolute Gasteiger partial charge is 0.497 e. The molecule has 24 heavy (non-hydrogen) atoms. The van der Waals surface area contributed by atoms with Gasteiger partial charge in [0.05, 0.1) is 25.5 Å². The highest BCUT2D eigenvalue weighted by Gasteiger charge is 2.19. The molecular formula is C19H18N2O3. The first-order valence-corrected chi connectivity index (χ1v) is 7.52. The fraction of sp³-hybridized carbons (Fsp3) is 0.158. The first-order chi connectivity index (χ1) is 11.6. The van der Waals surface area contributed by atoms with Gasteiger partial charge in [0.1, 0.15) is 17.2 Å². The van der Waals surface area contributed by atoms with Crippen LogP contribution in [0.4, 0.5) is 0 Å². The topological polar surface area (TPSA) is 64.2 Å². The van der Waals surface area contributed by atoms with Gasteiger partial charge in [0.25, 0.3) is 0 Å². The van der Waals surface area contributed by atoms with Crippen molar-refractivity contribution in [2.24, 2.45) is 0 Å². The normalized spacial score (nSPS) is 10.5. The molecule has 0 radical (unpaired) electrons. The van der Waals surface area contributed by atoms with Gasteiger partial charge in [0.2, 0.25) is 0 Å². The van der Waals surface area contributed by atoms with Gasteiger partial charge < -0.3 is 9.47 Å². The molecule has 0 spiro atoms. The summed E-state index contributed by atoms with van der Waals surface area (Å²) in [5.74, 6) is 1.48. The van der Waals surface area contributed by atoms with E-state index in [9.17, 15) is 4.79 Å². The number of hydrogen-bond donors (Lipinski definition) is 1. The van der Waals surface area contributed by atoms with E-state index >= 15 is 0 Å². The Labute approximate surface area is 140 Å². The van der Waals surface area contributed by atoms with Gasteiger partial charge in [-0.05, 0) is 55.5 Å². The van der Waals surface area contributed by atoms with Crippen LogP contribution < -0.4 is 9.47 Å². The number of Topliss-reactive ketones (excluding diaryl/α,β-unsaturated/α-hetero) is 1. The Balaban J connectivity index is 2.08.